The summed E-state index contributed by atoms with van der Waals surface area (Å²) in [6.45, 7) is 2.30. The molecule has 1 saturated heterocycles. The fourth-order valence-corrected chi connectivity index (χ4v) is 2.14. The summed E-state index contributed by atoms with van der Waals surface area (Å²) in [6, 6.07) is 1.90. The van der Waals surface area contributed by atoms with Crippen molar-refractivity contribution >= 4 is 5.69 Å². The van der Waals surface area contributed by atoms with Crippen molar-refractivity contribution in [3.8, 4) is 0 Å². The fourth-order valence-electron chi connectivity index (χ4n) is 2.14. The number of rotatable bonds is 2. The molecule has 3 heteroatoms. The molecule has 0 aromatic carbocycles. The Kier molecular flexibility index (Phi) is 3.56. The van der Waals surface area contributed by atoms with Gasteiger partial charge in [0, 0.05) is 24.8 Å². The van der Waals surface area contributed by atoms with Gasteiger partial charge in [0.1, 0.15) is 0 Å². The van der Waals surface area contributed by atoms with Gasteiger partial charge in [-0.15, -0.1) is 0 Å². The third kappa shape index (κ3) is 2.48. The molecule has 1 aromatic rings. The van der Waals surface area contributed by atoms with Gasteiger partial charge in [0.15, 0.2) is 0 Å². The molecule has 82 valence electrons. The second-order valence-corrected chi connectivity index (χ2v) is 4.06. The second kappa shape index (κ2) is 5.12. The predicted molar refractivity (Wildman–Crippen MR) is 60.8 cm³/mol. The zero-order valence-electron chi connectivity index (χ0n) is 9.02. The molecule has 1 aromatic heterocycles. The molecule has 2 rings (SSSR count). The minimum Gasteiger partial charge on any atom is -0.392 e. The minimum absolute atomic E-state index is 0.106. The quantitative estimate of drug-likeness (QED) is 0.803. The molecule has 0 aliphatic carbocycles. The van der Waals surface area contributed by atoms with Crippen molar-refractivity contribution in [2.75, 3.05) is 18.0 Å². The summed E-state index contributed by atoms with van der Waals surface area (Å²) in [6.07, 6.45) is 8.76. The zero-order valence-corrected chi connectivity index (χ0v) is 9.02. The molecular weight excluding hydrogens is 188 g/mol. The normalized spacial score (nSPS) is 17.5. The average Bonchev–Trinajstić information content (AvgIpc) is 2.57. The van der Waals surface area contributed by atoms with Gasteiger partial charge in [-0.3, -0.25) is 4.98 Å². The Morgan fingerprint density at radius 1 is 1.20 bits per heavy atom. The highest BCUT2D eigenvalue weighted by molar-refractivity contribution is 5.51. The van der Waals surface area contributed by atoms with E-state index in [1.54, 1.807) is 6.20 Å². The summed E-state index contributed by atoms with van der Waals surface area (Å²) in [5, 5.41) is 9.26. The van der Waals surface area contributed by atoms with Crippen molar-refractivity contribution in [2.45, 2.75) is 32.3 Å². The lowest BCUT2D eigenvalue weighted by Gasteiger charge is -2.24. The van der Waals surface area contributed by atoms with E-state index in [-0.39, 0.29) is 6.61 Å². The monoisotopic (exact) mass is 206 g/mol. The van der Waals surface area contributed by atoms with Crippen molar-refractivity contribution in [1.82, 2.24) is 4.98 Å². The molecule has 0 saturated carbocycles. The predicted octanol–water partition coefficient (Wildman–Crippen LogP) is 1.95. The Bertz CT molecular complexity index is 306. The van der Waals surface area contributed by atoms with Crippen LogP contribution >= 0.6 is 0 Å². The highest BCUT2D eigenvalue weighted by Crippen LogP contribution is 2.22. The van der Waals surface area contributed by atoms with E-state index in [0.29, 0.717) is 0 Å². The SMILES string of the molecule is OCc1ccncc1N1CCCCCC1. The summed E-state index contributed by atoms with van der Waals surface area (Å²) in [5.74, 6) is 0. The number of anilines is 1. The van der Waals surface area contributed by atoms with E-state index < -0.39 is 0 Å². The van der Waals surface area contributed by atoms with E-state index in [4.69, 9.17) is 0 Å². The number of hydrogen-bond donors (Lipinski definition) is 1. The molecule has 1 aliphatic rings. The molecule has 0 radical (unpaired) electrons. The van der Waals surface area contributed by atoms with Crippen LogP contribution in [0.1, 0.15) is 31.2 Å². The molecule has 0 amide bonds. The largest absolute Gasteiger partial charge is 0.392 e. The Hall–Kier alpha value is -1.09. The lowest BCUT2D eigenvalue weighted by atomic mass is 10.2. The Morgan fingerprint density at radius 2 is 1.93 bits per heavy atom. The van der Waals surface area contributed by atoms with Crippen molar-refractivity contribution in [3.05, 3.63) is 24.0 Å². The van der Waals surface area contributed by atoms with Crippen molar-refractivity contribution in [2.24, 2.45) is 0 Å². The third-order valence-corrected chi connectivity index (χ3v) is 3.00. The number of nitrogens with zero attached hydrogens (tertiary/aromatic N) is 2. The fraction of sp³-hybridized carbons (Fsp3) is 0.583. The molecule has 1 aliphatic heterocycles. The molecule has 2 heterocycles. The van der Waals surface area contributed by atoms with E-state index in [9.17, 15) is 5.11 Å². The maximum absolute atomic E-state index is 9.26. The van der Waals surface area contributed by atoms with E-state index >= 15 is 0 Å². The first-order valence-electron chi connectivity index (χ1n) is 5.70. The van der Waals surface area contributed by atoms with Crippen LogP contribution in [0.4, 0.5) is 5.69 Å². The van der Waals surface area contributed by atoms with Crippen LogP contribution in [0.15, 0.2) is 18.5 Å². The summed E-state index contributed by atoms with van der Waals surface area (Å²) >= 11 is 0. The molecule has 0 atom stereocenters. The van der Waals surface area contributed by atoms with Gasteiger partial charge in [0.25, 0.3) is 0 Å². The number of aliphatic hydroxyl groups excluding tert-OH is 1. The van der Waals surface area contributed by atoms with Gasteiger partial charge in [0.2, 0.25) is 0 Å². The lowest BCUT2D eigenvalue weighted by Crippen LogP contribution is -2.25. The summed E-state index contributed by atoms with van der Waals surface area (Å²) in [4.78, 5) is 6.50. The van der Waals surface area contributed by atoms with Crippen LogP contribution < -0.4 is 4.90 Å². The summed E-state index contributed by atoms with van der Waals surface area (Å²) in [7, 11) is 0. The maximum atomic E-state index is 9.26. The van der Waals surface area contributed by atoms with Crippen LogP contribution in [0.2, 0.25) is 0 Å². The van der Waals surface area contributed by atoms with Crippen LogP contribution in [0, 0.1) is 0 Å². The highest BCUT2D eigenvalue weighted by atomic mass is 16.3. The topological polar surface area (TPSA) is 36.4 Å². The van der Waals surface area contributed by atoms with E-state index in [0.717, 1.165) is 24.3 Å². The first-order valence-corrected chi connectivity index (χ1v) is 5.70. The van der Waals surface area contributed by atoms with E-state index in [1.165, 1.54) is 25.7 Å². The first kappa shape index (κ1) is 10.4. The van der Waals surface area contributed by atoms with Crippen LogP contribution in [-0.4, -0.2) is 23.2 Å². The van der Waals surface area contributed by atoms with Crippen LogP contribution in [0.5, 0.6) is 0 Å². The summed E-state index contributed by atoms with van der Waals surface area (Å²) in [5.41, 5.74) is 2.11. The smallest absolute Gasteiger partial charge is 0.0703 e. The lowest BCUT2D eigenvalue weighted by molar-refractivity contribution is 0.282. The molecule has 1 fully saturated rings. The first-order chi connectivity index (χ1) is 7.42. The van der Waals surface area contributed by atoms with Gasteiger partial charge in [0.05, 0.1) is 18.5 Å². The van der Waals surface area contributed by atoms with Gasteiger partial charge in [-0.1, -0.05) is 12.8 Å². The van der Waals surface area contributed by atoms with Gasteiger partial charge in [-0.25, -0.2) is 0 Å². The van der Waals surface area contributed by atoms with Gasteiger partial charge < -0.3 is 10.0 Å². The molecule has 15 heavy (non-hydrogen) atoms. The molecule has 0 spiro atoms. The molecular formula is C12H18N2O. The third-order valence-electron chi connectivity index (χ3n) is 3.00. The Labute approximate surface area is 90.8 Å². The Balaban J connectivity index is 2.18. The van der Waals surface area contributed by atoms with E-state index in [2.05, 4.69) is 9.88 Å². The number of pyridine rings is 1. The van der Waals surface area contributed by atoms with Gasteiger partial charge in [-0.2, -0.15) is 0 Å². The van der Waals surface area contributed by atoms with E-state index in [1.807, 2.05) is 12.3 Å². The molecule has 0 unspecified atom stereocenters. The maximum Gasteiger partial charge on any atom is 0.0703 e. The van der Waals surface area contributed by atoms with Gasteiger partial charge in [-0.05, 0) is 18.9 Å². The molecule has 1 N–H and O–H groups in total. The van der Waals surface area contributed by atoms with Crippen LogP contribution in [0.3, 0.4) is 0 Å². The van der Waals surface area contributed by atoms with Crippen molar-refractivity contribution < 1.29 is 5.11 Å². The Morgan fingerprint density at radius 3 is 2.60 bits per heavy atom. The van der Waals surface area contributed by atoms with Crippen molar-refractivity contribution in [1.29, 1.82) is 0 Å². The number of hydrogen-bond acceptors (Lipinski definition) is 3. The molecule has 0 bridgehead atoms. The number of aromatic nitrogens is 1. The average molecular weight is 206 g/mol. The second-order valence-electron chi connectivity index (χ2n) is 4.06. The zero-order chi connectivity index (χ0) is 10.5. The highest BCUT2D eigenvalue weighted by Gasteiger charge is 2.12. The van der Waals surface area contributed by atoms with Crippen molar-refractivity contribution in [3.63, 3.8) is 0 Å². The summed E-state index contributed by atoms with van der Waals surface area (Å²) < 4.78 is 0. The number of aliphatic hydroxyl groups is 1. The van der Waals surface area contributed by atoms with Crippen LogP contribution in [0.25, 0.3) is 0 Å². The standard InChI is InChI=1S/C12H18N2O/c15-10-11-5-6-13-9-12(11)14-7-3-1-2-4-8-14/h5-6,9,15H,1-4,7-8,10H2. The van der Waals surface area contributed by atoms with Gasteiger partial charge >= 0.3 is 0 Å². The minimum atomic E-state index is 0.106. The molecule has 3 nitrogen and oxygen atoms in total. The van der Waals surface area contributed by atoms with Crippen LogP contribution in [-0.2, 0) is 6.61 Å².